The fraction of sp³-hybridized carbons (Fsp3) is 0.200. The van der Waals surface area contributed by atoms with Crippen LogP contribution in [0.25, 0.3) is 10.6 Å². The number of hydrogen-bond donors (Lipinski definition) is 2. The second-order valence-electron chi connectivity index (χ2n) is 6.69. The number of alkyl halides is 1. The Morgan fingerprint density at radius 3 is 2.57 bits per heavy atom. The lowest BCUT2D eigenvalue weighted by molar-refractivity contribution is -0.136. The van der Waals surface area contributed by atoms with Crippen molar-refractivity contribution in [2.45, 2.75) is 24.4 Å². The van der Waals surface area contributed by atoms with E-state index in [0.29, 0.717) is 21.0 Å². The van der Waals surface area contributed by atoms with Gasteiger partial charge in [0.2, 0.25) is 5.67 Å². The third-order valence-electron chi connectivity index (χ3n) is 5.14. The van der Waals surface area contributed by atoms with Crippen LogP contribution < -0.4 is 5.48 Å². The molecule has 1 fully saturated rings. The van der Waals surface area contributed by atoms with Crippen molar-refractivity contribution in [3.63, 3.8) is 0 Å². The summed E-state index contributed by atoms with van der Waals surface area (Å²) in [5, 5.41) is 9.56. The molecule has 0 radical (unpaired) electrons. The van der Waals surface area contributed by atoms with Gasteiger partial charge < -0.3 is 0 Å². The molecular formula is C20H15F3N2O2S. The molecule has 144 valence electrons. The number of nitrogens with one attached hydrogen (secondary N) is 1. The van der Waals surface area contributed by atoms with E-state index in [1.165, 1.54) is 54.2 Å². The molecule has 0 spiro atoms. The molecular weight excluding hydrogens is 389 g/mol. The largest absolute Gasteiger partial charge is 0.289 e. The van der Waals surface area contributed by atoms with E-state index in [4.69, 9.17) is 5.21 Å². The summed E-state index contributed by atoms with van der Waals surface area (Å²) in [5.41, 5.74) is 0.248. The fourth-order valence-electron chi connectivity index (χ4n) is 3.62. The summed E-state index contributed by atoms with van der Waals surface area (Å²) >= 11 is 1.17. The first-order chi connectivity index (χ1) is 13.4. The molecule has 1 aromatic heterocycles. The first-order valence-corrected chi connectivity index (χ1v) is 9.29. The molecule has 1 aliphatic rings. The summed E-state index contributed by atoms with van der Waals surface area (Å²) in [4.78, 5) is 16.8. The molecule has 2 N–H and O–H groups in total. The molecule has 3 aromatic rings. The van der Waals surface area contributed by atoms with Gasteiger partial charge in [-0.1, -0.05) is 12.1 Å². The average Bonchev–Trinajstić information content (AvgIpc) is 3.06. The molecule has 2 aromatic carbocycles. The Labute approximate surface area is 162 Å². The summed E-state index contributed by atoms with van der Waals surface area (Å²) in [7, 11) is 0. The Balaban J connectivity index is 1.74. The maximum absolute atomic E-state index is 15.6. The second kappa shape index (κ2) is 6.72. The Bertz CT molecular complexity index is 1050. The zero-order valence-electron chi connectivity index (χ0n) is 14.6. The molecule has 0 aliphatic heterocycles. The van der Waals surface area contributed by atoms with Crippen LogP contribution in [0.4, 0.5) is 13.2 Å². The van der Waals surface area contributed by atoms with Gasteiger partial charge in [-0.25, -0.2) is 23.6 Å². The number of nitrogens with zero attached hydrogens (tertiary/aromatic N) is 1. The van der Waals surface area contributed by atoms with Gasteiger partial charge in [-0.05, 0) is 48.4 Å². The van der Waals surface area contributed by atoms with E-state index in [0.717, 1.165) is 0 Å². The number of thiazole rings is 1. The molecule has 1 saturated carbocycles. The average molecular weight is 404 g/mol. The number of aromatic nitrogens is 1. The van der Waals surface area contributed by atoms with E-state index in [-0.39, 0.29) is 11.4 Å². The van der Waals surface area contributed by atoms with Gasteiger partial charge in [0, 0.05) is 28.5 Å². The summed E-state index contributed by atoms with van der Waals surface area (Å²) in [6.45, 7) is 1.52. The number of rotatable bonds is 4. The van der Waals surface area contributed by atoms with Crippen LogP contribution >= 0.6 is 11.3 Å². The molecule has 1 heterocycles. The van der Waals surface area contributed by atoms with Crippen LogP contribution in [0.5, 0.6) is 0 Å². The number of carbonyl (C=O) groups is 1. The molecule has 28 heavy (non-hydrogen) atoms. The van der Waals surface area contributed by atoms with Crippen LogP contribution in [-0.2, 0) is 4.79 Å². The van der Waals surface area contributed by atoms with Crippen molar-refractivity contribution in [2.24, 2.45) is 0 Å². The van der Waals surface area contributed by atoms with E-state index in [2.05, 4.69) is 4.98 Å². The molecule has 4 nitrogen and oxygen atoms in total. The summed E-state index contributed by atoms with van der Waals surface area (Å²) in [6.07, 6.45) is 1.46. The van der Waals surface area contributed by atoms with Gasteiger partial charge in [0.05, 0.1) is 0 Å². The van der Waals surface area contributed by atoms with E-state index < -0.39 is 29.2 Å². The topological polar surface area (TPSA) is 62.2 Å². The molecule has 1 amide bonds. The number of halogens is 3. The van der Waals surface area contributed by atoms with Crippen molar-refractivity contribution in [1.29, 1.82) is 0 Å². The maximum atomic E-state index is 15.6. The molecule has 3 atom stereocenters. The zero-order chi connectivity index (χ0) is 20.1. The van der Waals surface area contributed by atoms with Crippen LogP contribution in [0.2, 0.25) is 0 Å². The van der Waals surface area contributed by atoms with Crippen LogP contribution in [0.3, 0.4) is 0 Å². The van der Waals surface area contributed by atoms with Gasteiger partial charge in [0.25, 0.3) is 5.91 Å². The highest BCUT2D eigenvalue weighted by Gasteiger charge is 2.73. The highest BCUT2D eigenvalue weighted by atomic mass is 32.1. The van der Waals surface area contributed by atoms with Crippen LogP contribution in [0.1, 0.15) is 27.8 Å². The minimum atomic E-state index is -2.42. The molecule has 1 aliphatic carbocycles. The van der Waals surface area contributed by atoms with Crippen molar-refractivity contribution in [3.05, 3.63) is 76.3 Å². The Morgan fingerprint density at radius 2 is 1.89 bits per heavy atom. The van der Waals surface area contributed by atoms with Crippen molar-refractivity contribution in [1.82, 2.24) is 10.5 Å². The van der Waals surface area contributed by atoms with Gasteiger partial charge >= 0.3 is 0 Å². The minimum Gasteiger partial charge on any atom is -0.289 e. The van der Waals surface area contributed by atoms with Gasteiger partial charge in [0.1, 0.15) is 16.6 Å². The number of benzene rings is 2. The van der Waals surface area contributed by atoms with Crippen molar-refractivity contribution in [2.75, 3.05) is 0 Å². The Morgan fingerprint density at radius 1 is 1.18 bits per heavy atom. The predicted octanol–water partition coefficient (Wildman–Crippen LogP) is 4.49. The van der Waals surface area contributed by atoms with Crippen molar-refractivity contribution in [3.8, 4) is 10.6 Å². The Hall–Kier alpha value is -2.71. The third kappa shape index (κ3) is 2.80. The molecule has 0 saturated heterocycles. The van der Waals surface area contributed by atoms with E-state index >= 15 is 4.39 Å². The monoisotopic (exact) mass is 404 g/mol. The molecule has 0 unspecified atom stereocenters. The SMILES string of the molecule is Cc1c(F)cccc1[C@@H]1[C@@H](c2cnc(-c3ccc(F)cc3)s2)[C@]1(F)C(=O)NO. The Kier molecular flexibility index (Phi) is 4.47. The number of carbonyl (C=O) groups excluding carboxylic acids is 1. The van der Waals surface area contributed by atoms with Gasteiger partial charge in [-0.15, -0.1) is 11.3 Å². The smallest absolute Gasteiger partial charge is 0.282 e. The molecule has 8 heteroatoms. The molecule has 0 bridgehead atoms. The van der Waals surface area contributed by atoms with Gasteiger partial charge in [0.15, 0.2) is 0 Å². The highest BCUT2D eigenvalue weighted by molar-refractivity contribution is 7.15. The van der Waals surface area contributed by atoms with Gasteiger partial charge in [-0.2, -0.15) is 0 Å². The zero-order valence-corrected chi connectivity index (χ0v) is 15.4. The maximum Gasteiger partial charge on any atom is 0.282 e. The van der Waals surface area contributed by atoms with Crippen LogP contribution in [-0.4, -0.2) is 21.8 Å². The first kappa shape index (κ1) is 18.6. The molecule has 4 rings (SSSR count). The van der Waals surface area contributed by atoms with Crippen LogP contribution in [0, 0.1) is 18.6 Å². The normalized spacial score (nSPS) is 23.5. The quantitative estimate of drug-likeness (QED) is 0.498. The number of amides is 1. The lowest BCUT2D eigenvalue weighted by atomic mass is 10.0. The van der Waals surface area contributed by atoms with Crippen LogP contribution in [0.15, 0.2) is 48.7 Å². The van der Waals surface area contributed by atoms with E-state index in [9.17, 15) is 13.6 Å². The third-order valence-corrected chi connectivity index (χ3v) is 6.27. The first-order valence-electron chi connectivity index (χ1n) is 8.48. The predicted molar refractivity (Wildman–Crippen MR) is 97.9 cm³/mol. The van der Waals surface area contributed by atoms with Crippen molar-refractivity contribution < 1.29 is 23.2 Å². The second-order valence-corrected chi connectivity index (χ2v) is 7.76. The highest BCUT2D eigenvalue weighted by Crippen LogP contribution is 2.67. The lowest BCUT2D eigenvalue weighted by Crippen LogP contribution is -2.33. The summed E-state index contributed by atoms with van der Waals surface area (Å²) in [5.74, 6) is -3.91. The summed E-state index contributed by atoms with van der Waals surface area (Å²) in [6, 6.07) is 10.0. The minimum absolute atomic E-state index is 0.256. The lowest BCUT2D eigenvalue weighted by Gasteiger charge is -2.08. The fourth-order valence-corrected chi connectivity index (χ4v) is 4.74. The van der Waals surface area contributed by atoms with Gasteiger partial charge in [-0.3, -0.25) is 10.0 Å². The standard InChI is InChI=1S/C20H15F3N2O2S/c1-10-13(3-2-4-14(10)22)16-17(20(16,23)19(26)25-27)15-9-24-18(28-15)11-5-7-12(21)8-6-11/h2-9,16-17,27H,1H3,(H,25,26)/t16-,17-,20+/m1/s1. The summed E-state index contributed by atoms with van der Waals surface area (Å²) < 4.78 is 42.7. The van der Waals surface area contributed by atoms with Crippen molar-refractivity contribution >= 4 is 17.2 Å². The van der Waals surface area contributed by atoms with E-state index in [1.807, 2.05) is 0 Å². The number of hydrogen-bond acceptors (Lipinski definition) is 4. The van der Waals surface area contributed by atoms with E-state index in [1.54, 1.807) is 18.2 Å². The number of hydroxylamine groups is 1.